The third-order valence-corrected chi connectivity index (χ3v) is 3.39. The maximum atomic E-state index is 12.9. The van der Waals surface area contributed by atoms with Gasteiger partial charge in [0.25, 0.3) is 0 Å². The minimum absolute atomic E-state index is 0.244. The monoisotopic (exact) mass is 275 g/mol. The van der Waals surface area contributed by atoms with Gasteiger partial charge < -0.3 is 15.6 Å². The first-order valence-electron chi connectivity index (χ1n) is 6.43. The van der Waals surface area contributed by atoms with Gasteiger partial charge in [-0.15, -0.1) is 0 Å². The van der Waals surface area contributed by atoms with E-state index in [0.29, 0.717) is 12.1 Å². The Hall–Kier alpha value is -1.91. The Balaban J connectivity index is 2.23. The van der Waals surface area contributed by atoms with Crippen molar-refractivity contribution in [2.75, 3.05) is 13.7 Å². The molecule has 0 bridgehead atoms. The molecule has 2 unspecified atom stereocenters. The van der Waals surface area contributed by atoms with Crippen LogP contribution >= 0.6 is 0 Å². The first-order valence-corrected chi connectivity index (χ1v) is 6.43. The van der Waals surface area contributed by atoms with Gasteiger partial charge in [0, 0.05) is 12.5 Å². The fraction of sp³-hybridized carbons (Fsp3) is 0.250. The fourth-order valence-corrected chi connectivity index (χ4v) is 2.19. The number of halogens is 1. The second-order valence-corrected chi connectivity index (χ2v) is 4.61. The normalized spacial score (nSPS) is 13.8. The third-order valence-electron chi connectivity index (χ3n) is 3.39. The molecule has 20 heavy (non-hydrogen) atoms. The first kappa shape index (κ1) is 14.5. The molecule has 0 fully saturated rings. The van der Waals surface area contributed by atoms with E-state index < -0.39 is 6.10 Å². The number of hydrogen-bond acceptors (Lipinski definition) is 3. The van der Waals surface area contributed by atoms with Crippen molar-refractivity contribution in [1.29, 1.82) is 0 Å². The summed E-state index contributed by atoms with van der Waals surface area (Å²) in [5, 5.41) is 10.4. The molecule has 2 aromatic rings. The van der Waals surface area contributed by atoms with Gasteiger partial charge in [0.15, 0.2) is 0 Å². The number of ether oxygens (including phenoxy) is 1. The molecule has 0 spiro atoms. The average molecular weight is 275 g/mol. The van der Waals surface area contributed by atoms with E-state index in [1.165, 1.54) is 12.1 Å². The van der Waals surface area contributed by atoms with E-state index >= 15 is 0 Å². The van der Waals surface area contributed by atoms with Crippen LogP contribution in [0.3, 0.4) is 0 Å². The van der Waals surface area contributed by atoms with Crippen LogP contribution in [0.5, 0.6) is 5.75 Å². The number of hydrogen-bond donors (Lipinski definition) is 2. The van der Waals surface area contributed by atoms with E-state index in [1.54, 1.807) is 19.2 Å². The van der Waals surface area contributed by atoms with Crippen molar-refractivity contribution in [1.82, 2.24) is 0 Å². The van der Waals surface area contributed by atoms with Gasteiger partial charge in [-0.05, 0) is 35.4 Å². The van der Waals surface area contributed by atoms with Crippen LogP contribution in [0, 0.1) is 5.82 Å². The molecular weight excluding hydrogens is 257 g/mol. The SMILES string of the molecule is COc1ccc(C(CN)C(O)c2ccc(F)cc2)cc1. The molecule has 0 radical (unpaired) electrons. The topological polar surface area (TPSA) is 55.5 Å². The smallest absolute Gasteiger partial charge is 0.123 e. The zero-order chi connectivity index (χ0) is 14.5. The molecule has 106 valence electrons. The van der Waals surface area contributed by atoms with Gasteiger partial charge in [-0.3, -0.25) is 0 Å². The van der Waals surface area contributed by atoms with E-state index in [0.717, 1.165) is 11.3 Å². The fourth-order valence-electron chi connectivity index (χ4n) is 2.19. The van der Waals surface area contributed by atoms with Crippen molar-refractivity contribution in [3.05, 3.63) is 65.5 Å². The Morgan fingerprint density at radius 2 is 1.60 bits per heavy atom. The van der Waals surface area contributed by atoms with E-state index in [1.807, 2.05) is 24.3 Å². The number of aliphatic hydroxyl groups excluding tert-OH is 1. The third kappa shape index (κ3) is 3.15. The molecule has 0 saturated carbocycles. The Labute approximate surface area is 117 Å². The molecular formula is C16H18FNO2. The zero-order valence-corrected chi connectivity index (χ0v) is 11.3. The second kappa shape index (κ2) is 6.50. The number of nitrogens with two attached hydrogens (primary N) is 1. The van der Waals surface area contributed by atoms with Crippen LogP contribution in [-0.4, -0.2) is 18.8 Å². The standard InChI is InChI=1S/C16H18FNO2/c1-20-14-8-4-11(5-9-14)15(10-18)16(19)12-2-6-13(17)7-3-12/h2-9,15-16,19H,10,18H2,1H3. The zero-order valence-electron chi connectivity index (χ0n) is 11.3. The van der Waals surface area contributed by atoms with Crippen molar-refractivity contribution in [3.8, 4) is 5.75 Å². The Bertz CT molecular complexity index is 539. The summed E-state index contributed by atoms with van der Waals surface area (Å²) in [7, 11) is 1.60. The van der Waals surface area contributed by atoms with Crippen LogP contribution < -0.4 is 10.5 Å². The first-order chi connectivity index (χ1) is 9.65. The average Bonchev–Trinajstić information content (AvgIpc) is 2.49. The molecule has 0 aliphatic rings. The molecule has 0 aliphatic heterocycles. The summed E-state index contributed by atoms with van der Waals surface area (Å²) in [6, 6.07) is 13.2. The van der Waals surface area contributed by atoms with Gasteiger partial charge in [-0.2, -0.15) is 0 Å². The van der Waals surface area contributed by atoms with Crippen LogP contribution in [0.15, 0.2) is 48.5 Å². The summed E-state index contributed by atoms with van der Waals surface area (Å²) >= 11 is 0. The van der Waals surface area contributed by atoms with Gasteiger partial charge in [0.2, 0.25) is 0 Å². The number of benzene rings is 2. The highest BCUT2D eigenvalue weighted by Gasteiger charge is 2.21. The Morgan fingerprint density at radius 3 is 2.10 bits per heavy atom. The molecule has 0 heterocycles. The maximum absolute atomic E-state index is 12.9. The molecule has 0 aromatic heterocycles. The van der Waals surface area contributed by atoms with Gasteiger partial charge >= 0.3 is 0 Å². The molecule has 0 saturated heterocycles. The highest BCUT2D eigenvalue weighted by atomic mass is 19.1. The summed E-state index contributed by atoms with van der Waals surface area (Å²) in [5.41, 5.74) is 7.35. The van der Waals surface area contributed by atoms with Crippen LogP contribution in [-0.2, 0) is 0 Å². The summed E-state index contributed by atoms with van der Waals surface area (Å²) in [6.07, 6.45) is -0.769. The largest absolute Gasteiger partial charge is 0.497 e. The molecule has 0 amide bonds. The van der Waals surface area contributed by atoms with Crippen molar-refractivity contribution >= 4 is 0 Å². The molecule has 3 nitrogen and oxygen atoms in total. The summed E-state index contributed by atoms with van der Waals surface area (Å²) in [6.45, 7) is 0.296. The van der Waals surface area contributed by atoms with Crippen LogP contribution in [0.2, 0.25) is 0 Å². The minimum Gasteiger partial charge on any atom is -0.497 e. The number of rotatable bonds is 5. The van der Waals surface area contributed by atoms with Gasteiger partial charge in [-0.25, -0.2) is 4.39 Å². The van der Waals surface area contributed by atoms with Crippen molar-refractivity contribution in [2.45, 2.75) is 12.0 Å². The minimum atomic E-state index is -0.769. The number of methoxy groups -OCH3 is 1. The molecule has 3 N–H and O–H groups in total. The summed E-state index contributed by atoms with van der Waals surface area (Å²) < 4.78 is 18.0. The van der Waals surface area contributed by atoms with Crippen molar-refractivity contribution in [2.24, 2.45) is 5.73 Å². The highest BCUT2D eigenvalue weighted by Crippen LogP contribution is 2.31. The lowest BCUT2D eigenvalue weighted by Gasteiger charge is -2.22. The molecule has 0 aliphatic carbocycles. The van der Waals surface area contributed by atoms with Crippen LogP contribution in [0.1, 0.15) is 23.1 Å². The number of aliphatic hydroxyl groups is 1. The lowest BCUT2D eigenvalue weighted by Crippen LogP contribution is -2.20. The lowest BCUT2D eigenvalue weighted by molar-refractivity contribution is 0.147. The van der Waals surface area contributed by atoms with E-state index in [-0.39, 0.29) is 11.7 Å². The Kier molecular flexibility index (Phi) is 4.71. The summed E-state index contributed by atoms with van der Waals surface area (Å²) in [4.78, 5) is 0. The van der Waals surface area contributed by atoms with E-state index in [4.69, 9.17) is 10.5 Å². The van der Waals surface area contributed by atoms with Gasteiger partial charge in [0.05, 0.1) is 13.2 Å². The van der Waals surface area contributed by atoms with E-state index in [2.05, 4.69) is 0 Å². The second-order valence-electron chi connectivity index (χ2n) is 4.61. The Morgan fingerprint density at radius 1 is 1.05 bits per heavy atom. The highest BCUT2D eigenvalue weighted by molar-refractivity contribution is 5.32. The van der Waals surface area contributed by atoms with Crippen molar-refractivity contribution in [3.63, 3.8) is 0 Å². The van der Waals surface area contributed by atoms with E-state index in [9.17, 15) is 9.50 Å². The predicted octanol–water partition coefficient (Wildman–Crippen LogP) is 2.61. The summed E-state index contributed by atoms with van der Waals surface area (Å²) in [5.74, 6) is 0.182. The van der Waals surface area contributed by atoms with Gasteiger partial charge in [-0.1, -0.05) is 24.3 Å². The molecule has 2 atom stereocenters. The van der Waals surface area contributed by atoms with Gasteiger partial charge in [0.1, 0.15) is 11.6 Å². The molecule has 2 rings (SSSR count). The maximum Gasteiger partial charge on any atom is 0.123 e. The van der Waals surface area contributed by atoms with Crippen LogP contribution in [0.4, 0.5) is 4.39 Å². The molecule has 4 heteroatoms. The predicted molar refractivity (Wildman–Crippen MR) is 76.1 cm³/mol. The van der Waals surface area contributed by atoms with Crippen molar-refractivity contribution < 1.29 is 14.2 Å². The quantitative estimate of drug-likeness (QED) is 0.882. The van der Waals surface area contributed by atoms with Crippen LogP contribution in [0.25, 0.3) is 0 Å². The molecule has 2 aromatic carbocycles. The lowest BCUT2D eigenvalue weighted by atomic mass is 9.89.